The van der Waals surface area contributed by atoms with Gasteiger partial charge in [-0.05, 0) is 38.5 Å². The molecule has 1 rings (SSSR count). The van der Waals surface area contributed by atoms with Gasteiger partial charge >= 0.3 is 5.97 Å². The van der Waals surface area contributed by atoms with E-state index in [1.165, 1.54) is 6.92 Å². The number of hydrogen-bond donors (Lipinski definition) is 0. The number of carbonyl (C=O) groups excluding carboxylic acids is 2. The number of rotatable bonds is 5. The van der Waals surface area contributed by atoms with Crippen LogP contribution in [-0.4, -0.2) is 17.9 Å². The zero-order valence-electron chi connectivity index (χ0n) is 10.3. The van der Waals surface area contributed by atoms with E-state index in [1.807, 2.05) is 0 Å². The molecule has 0 heterocycles. The van der Waals surface area contributed by atoms with Crippen LogP contribution in [0.15, 0.2) is 0 Å². The first-order valence-electron chi connectivity index (χ1n) is 6.27. The Labute approximate surface area is 97.5 Å². The smallest absolute Gasteiger partial charge is 0.303 e. The van der Waals surface area contributed by atoms with Crippen LogP contribution in [0.5, 0.6) is 0 Å². The number of ether oxygens (including phenoxy) is 1. The van der Waals surface area contributed by atoms with Gasteiger partial charge in [-0.25, -0.2) is 0 Å². The van der Waals surface area contributed by atoms with E-state index < -0.39 is 0 Å². The molecule has 0 spiro atoms. The van der Waals surface area contributed by atoms with Gasteiger partial charge in [0.15, 0.2) is 0 Å². The molecule has 3 heteroatoms. The fourth-order valence-corrected chi connectivity index (χ4v) is 2.51. The summed E-state index contributed by atoms with van der Waals surface area (Å²) in [4.78, 5) is 21.8. The molecule has 3 nitrogen and oxygen atoms in total. The number of aldehydes is 1. The molecule has 16 heavy (non-hydrogen) atoms. The SMILES string of the molecule is CCCCC1(OC(C)=O)CCC(C=O)CC1. The Balaban J connectivity index is 2.58. The van der Waals surface area contributed by atoms with Gasteiger partial charge in [0.2, 0.25) is 0 Å². The van der Waals surface area contributed by atoms with Gasteiger partial charge in [-0.1, -0.05) is 13.3 Å². The molecule has 0 aromatic carbocycles. The average molecular weight is 226 g/mol. The van der Waals surface area contributed by atoms with Crippen molar-refractivity contribution in [1.29, 1.82) is 0 Å². The van der Waals surface area contributed by atoms with Crippen LogP contribution in [0.25, 0.3) is 0 Å². The Morgan fingerprint density at radius 2 is 2.06 bits per heavy atom. The maximum Gasteiger partial charge on any atom is 0.303 e. The number of hydrogen-bond acceptors (Lipinski definition) is 3. The monoisotopic (exact) mass is 226 g/mol. The van der Waals surface area contributed by atoms with Crippen LogP contribution in [0.3, 0.4) is 0 Å². The molecule has 0 N–H and O–H groups in total. The molecule has 0 unspecified atom stereocenters. The van der Waals surface area contributed by atoms with Crippen LogP contribution >= 0.6 is 0 Å². The molecule has 1 aliphatic carbocycles. The molecule has 0 aromatic rings. The maximum atomic E-state index is 11.1. The van der Waals surface area contributed by atoms with Crippen LogP contribution in [-0.2, 0) is 14.3 Å². The first-order valence-corrected chi connectivity index (χ1v) is 6.27. The van der Waals surface area contributed by atoms with Crippen molar-refractivity contribution >= 4 is 12.3 Å². The van der Waals surface area contributed by atoms with Gasteiger partial charge in [0.25, 0.3) is 0 Å². The van der Waals surface area contributed by atoms with Crippen LogP contribution in [0.2, 0.25) is 0 Å². The summed E-state index contributed by atoms with van der Waals surface area (Å²) in [5.74, 6) is -0.0223. The highest BCUT2D eigenvalue weighted by Crippen LogP contribution is 2.38. The van der Waals surface area contributed by atoms with Crippen molar-refractivity contribution in [2.45, 2.75) is 64.4 Å². The van der Waals surface area contributed by atoms with Gasteiger partial charge in [0.05, 0.1) is 0 Å². The predicted molar refractivity (Wildman–Crippen MR) is 62.0 cm³/mol. The van der Waals surface area contributed by atoms with E-state index in [0.717, 1.165) is 51.2 Å². The zero-order chi connectivity index (χ0) is 12.0. The Hall–Kier alpha value is -0.860. The highest BCUT2D eigenvalue weighted by atomic mass is 16.6. The average Bonchev–Trinajstić information content (AvgIpc) is 2.27. The van der Waals surface area contributed by atoms with Gasteiger partial charge in [-0.2, -0.15) is 0 Å². The first kappa shape index (κ1) is 13.2. The van der Waals surface area contributed by atoms with Crippen LogP contribution in [0.4, 0.5) is 0 Å². The van der Waals surface area contributed by atoms with Crippen molar-refractivity contribution in [3.8, 4) is 0 Å². The second-order valence-electron chi connectivity index (χ2n) is 4.85. The van der Waals surface area contributed by atoms with E-state index in [4.69, 9.17) is 4.74 Å². The molecule has 1 aliphatic rings. The van der Waals surface area contributed by atoms with E-state index in [2.05, 4.69) is 6.92 Å². The first-order chi connectivity index (χ1) is 7.62. The molecule has 0 radical (unpaired) electrons. The Bertz CT molecular complexity index is 240. The Kier molecular flexibility index (Phi) is 4.97. The summed E-state index contributed by atoms with van der Waals surface area (Å²) in [6.07, 6.45) is 7.58. The number of carbonyl (C=O) groups is 2. The van der Waals surface area contributed by atoms with Gasteiger partial charge in [0.1, 0.15) is 11.9 Å². The van der Waals surface area contributed by atoms with Crippen molar-refractivity contribution in [3.63, 3.8) is 0 Å². The molecule has 1 saturated carbocycles. The zero-order valence-corrected chi connectivity index (χ0v) is 10.3. The normalized spacial score (nSPS) is 29.8. The second kappa shape index (κ2) is 6.02. The summed E-state index contributed by atoms with van der Waals surface area (Å²) in [6.45, 7) is 3.61. The number of unbranched alkanes of at least 4 members (excludes halogenated alkanes) is 1. The maximum absolute atomic E-state index is 11.1. The largest absolute Gasteiger partial charge is 0.459 e. The van der Waals surface area contributed by atoms with E-state index in [0.29, 0.717) is 0 Å². The summed E-state index contributed by atoms with van der Waals surface area (Å²) in [5.41, 5.74) is -0.276. The van der Waals surface area contributed by atoms with Gasteiger partial charge in [0, 0.05) is 12.8 Å². The minimum atomic E-state index is -0.276. The minimum Gasteiger partial charge on any atom is -0.459 e. The molecular weight excluding hydrogens is 204 g/mol. The molecule has 0 saturated heterocycles. The highest BCUT2D eigenvalue weighted by Gasteiger charge is 2.37. The van der Waals surface area contributed by atoms with Crippen molar-refractivity contribution in [1.82, 2.24) is 0 Å². The summed E-state index contributed by atoms with van der Waals surface area (Å²) in [5, 5.41) is 0. The fourth-order valence-electron chi connectivity index (χ4n) is 2.51. The lowest BCUT2D eigenvalue weighted by atomic mass is 9.76. The third kappa shape index (κ3) is 3.62. The molecule has 0 bridgehead atoms. The Morgan fingerprint density at radius 3 is 2.50 bits per heavy atom. The van der Waals surface area contributed by atoms with Crippen LogP contribution < -0.4 is 0 Å². The van der Waals surface area contributed by atoms with E-state index in [1.54, 1.807) is 0 Å². The lowest BCUT2D eigenvalue weighted by Gasteiger charge is -2.38. The fraction of sp³-hybridized carbons (Fsp3) is 0.846. The van der Waals surface area contributed by atoms with E-state index >= 15 is 0 Å². The molecule has 0 aromatic heterocycles. The molecule has 0 amide bonds. The second-order valence-corrected chi connectivity index (χ2v) is 4.85. The molecule has 1 fully saturated rings. The van der Waals surface area contributed by atoms with Crippen molar-refractivity contribution in [3.05, 3.63) is 0 Å². The quantitative estimate of drug-likeness (QED) is 0.535. The van der Waals surface area contributed by atoms with Crippen molar-refractivity contribution in [2.24, 2.45) is 5.92 Å². The van der Waals surface area contributed by atoms with Gasteiger partial charge < -0.3 is 9.53 Å². The van der Waals surface area contributed by atoms with Crippen molar-refractivity contribution in [2.75, 3.05) is 0 Å². The molecule has 0 atom stereocenters. The highest BCUT2D eigenvalue weighted by molar-refractivity contribution is 5.66. The minimum absolute atomic E-state index is 0.172. The lowest BCUT2D eigenvalue weighted by Crippen LogP contribution is -2.39. The lowest BCUT2D eigenvalue weighted by molar-refractivity contribution is -0.162. The summed E-state index contributed by atoms with van der Waals surface area (Å²) < 4.78 is 5.52. The van der Waals surface area contributed by atoms with E-state index in [9.17, 15) is 9.59 Å². The van der Waals surface area contributed by atoms with Gasteiger partial charge in [-0.3, -0.25) is 4.79 Å². The number of esters is 1. The molecular formula is C13H22O3. The molecule has 0 aliphatic heterocycles. The Morgan fingerprint density at radius 1 is 1.44 bits per heavy atom. The van der Waals surface area contributed by atoms with Gasteiger partial charge in [-0.15, -0.1) is 0 Å². The third-order valence-corrected chi connectivity index (χ3v) is 3.48. The summed E-state index contributed by atoms with van der Waals surface area (Å²) >= 11 is 0. The van der Waals surface area contributed by atoms with E-state index in [-0.39, 0.29) is 17.5 Å². The summed E-state index contributed by atoms with van der Waals surface area (Å²) in [7, 11) is 0. The van der Waals surface area contributed by atoms with Crippen LogP contribution in [0, 0.1) is 5.92 Å². The molecule has 92 valence electrons. The topological polar surface area (TPSA) is 43.4 Å². The third-order valence-electron chi connectivity index (χ3n) is 3.48. The summed E-state index contributed by atoms with van der Waals surface area (Å²) in [6, 6.07) is 0. The van der Waals surface area contributed by atoms with Crippen molar-refractivity contribution < 1.29 is 14.3 Å². The predicted octanol–water partition coefficient (Wildman–Crippen LogP) is 2.87. The standard InChI is InChI=1S/C13H22O3/c1-3-4-7-13(16-11(2)15)8-5-12(10-14)6-9-13/h10,12H,3-9H2,1-2H3. The van der Waals surface area contributed by atoms with Crippen LogP contribution in [0.1, 0.15) is 58.8 Å².